The molecule has 2 N–H and O–H groups in total. The van der Waals surface area contributed by atoms with E-state index < -0.39 is 0 Å². The molecule has 0 saturated carbocycles. The quantitative estimate of drug-likeness (QED) is 0.456. The molecule has 3 rings (SSSR count). The summed E-state index contributed by atoms with van der Waals surface area (Å²) >= 11 is 8.89. The molecule has 1 aliphatic rings. The number of aromatic hydroxyl groups is 2. The first-order chi connectivity index (χ1) is 11.4. The van der Waals surface area contributed by atoms with Crippen molar-refractivity contribution in [3.63, 3.8) is 0 Å². The van der Waals surface area contributed by atoms with Crippen molar-refractivity contribution in [3.05, 3.63) is 58.7 Å². The fourth-order valence-electron chi connectivity index (χ4n) is 2.41. The van der Waals surface area contributed by atoms with E-state index in [0.717, 1.165) is 0 Å². The Morgan fingerprint density at radius 3 is 2.58 bits per heavy atom. The number of nitrogens with zero attached hydrogens (tertiary/aromatic N) is 2. The van der Waals surface area contributed by atoms with Gasteiger partial charge in [0, 0.05) is 0 Å². The number of anilines is 1. The third-order valence-corrected chi connectivity index (χ3v) is 4.86. The first-order valence-corrected chi connectivity index (χ1v) is 8.24. The molecule has 5 nitrogen and oxygen atoms in total. The summed E-state index contributed by atoms with van der Waals surface area (Å²) < 4.78 is 0.591. The van der Waals surface area contributed by atoms with Gasteiger partial charge in [-0.1, -0.05) is 0 Å². The number of benzene rings is 2. The van der Waals surface area contributed by atoms with Gasteiger partial charge in [-0.2, -0.15) is 0 Å². The molecule has 0 atom stereocenters. The summed E-state index contributed by atoms with van der Waals surface area (Å²) in [4.78, 5) is 16.0. The van der Waals surface area contributed by atoms with Crippen LogP contribution in [0.3, 0.4) is 0 Å². The second-order valence-electron chi connectivity index (χ2n) is 5.21. The third kappa shape index (κ3) is 2.80. The summed E-state index contributed by atoms with van der Waals surface area (Å²) in [6.45, 7) is 0. The van der Waals surface area contributed by atoms with E-state index in [1.165, 1.54) is 17.0 Å². The molecule has 1 fully saturated rings. The molecule has 24 heavy (non-hydrogen) atoms. The minimum atomic E-state index is -0.269. The van der Waals surface area contributed by atoms with Crippen LogP contribution in [0.25, 0.3) is 6.08 Å². The molecule has 7 heteroatoms. The van der Waals surface area contributed by atoms with E-state index in [2.05, 4.69) is 15.6 Å². The van der Waals surface area contributed by atoms with E-state index in [9.17, 15) is 15.0 Å². The molecule has 0 bridgehead atoms. The summed E-state index contributed by atoms with van der Waals surface area (Å²) in [5, 5.41) is 20.1. The van der Waals surface area contributed by atoms with Gasteiger partial charge in [-0.05, 0) is 0 Å². The number of hydrogen-bond donors (Lipinski definition) is 2. The predicted molar refractivity (Wildman–Crippen MR) is 95.2 cm³/mol. The molecule has 0 aromatic heterocycles. The van der Waals surface area contributed by atoms with E-state index >= 15 is 0 Å². The normalized spacial score (nSPS) is 16.3. The van der Waals surface area contributed by atoms with Crippen LogP contribution in [0.4, 0.5) is 5.69 Å². The molecule has 0 spiro atoms. The van der Waals surface area contributed by atoms with Crippen molar-refractivity contribution in [1.82, 2.24) is 4.90 Å². The Morgan fingerprint density at radius 2 is 1.88 bits per heavy atom. The summed E-state index contributed by atoms with van der Waals surface area (Å²) in [6.07, 6.45) is 1.53. The number of rotatable bonds is 2. The van der Waals surface area contributed by atoms with Gasteiger partial charge in [-0.25, -0.2) is 0 Å². The van der Waals surface area contributed by atoms with Crippen molar-refractivity contribution >= 4 is 49.5 Å². The number of hydrogen-bond acceptors (Lipinski definition) is 4. The average molecular weight is 408 g/mol. The number of carbonyl (C=O) groups excluding carboxylic acids is 1. The van der Waals surface area contributed by atoms with E-state index in [0.29, 0.717) is 26.6 Å². The summed E-state index contributed by atoms with van der Waals surface area (Å²) in [5.41, 5.74) is 1.34. The van der Waals surface area contributed by atoms with Crippen molar-refractivity contribution in [2.45, 2.75) is 0 Å². The van der Waals surface area contributed by atoms with Crippen LogP contribution in [-0.2, 0) is 4.79 Å². The average Bonchev–Trinajstić information content (AvgIpc) is 2.75. The van der Waals surface area contributed by atoms with Crippen LogP contribution in [0.1, 0.15) is 5.56 Å². The minimum absolute atomic E-state index is 0.239. The molecule has 0 aliphatic carbocycles. The van der Waals surface area contributed by atoms with Gasteiger partial charge in [-0.3, -0.25) is 0 Å². The van der Waals surface area contributed by atoms with E-state index in [4.69, 9.17) is 11.6 Å². The summed E-state index contributed by atoms with van der Waals surface area (Å²) in [6, 6.07) is 11.6. The molecule has 0 unspecified atom stereocenters. The topological polar surface area (TPSA) is 64.0 Å². The SMILES string of the molecule is CN1C(=[Se])N(c2cccc(Cl)c2)C(=O)C1=Cc1cccc(O)c1O. The van der Waals surface area contributed by atoms with E-state index in [1.54, 1.807) is 48.3 Å². The standard InChI is InChI=1S/C17H13ClN2O3Se/c1-19-13(8-10-4-2-7-14(21)15(10)22)16(23)20(17(19)24)12-6-3-5-11(18)9-12/h2-9,21-22H,1H3. The van der Waals surface area contributed by atoms with Crippen LogP contribution in [0.2, 0.25) is 5.02 Å². The van der Waals surface area contributed by atoms with Crippen molar-refractivity contribution in [2.75, 3.05) is 11.9 Å². The summed E-state index contributed by atoms with van der Waals surface area (Å²) in [7, 11) is 1.74. The second kappa shape index (κ2) is 6.32. The molecule has 0 radical (unpaired) electrons. The van der Waals surface area contributed by atoms with Crippen molar-refractivity contribution in [3.8, 4) is 11.5 Å². The Morgan fingerprint density at radius 1 is 1.17 bits per heavy atom. The zero-order valence-electron chi connectivity index (χ0n) is 12.6. The predicted octanol–water partition coefficient (Wildman–Crippen LogP) is 2.33. The van der Waals surface area contributed by atoms with Crippen LogP contribution < -0.4 is 4.90 Å². The van der Waals surface area contributed by atoms with Crippen molar-refractivity contribution in [2.24, 2.45) is 0 Å². The fraction of sp³-hybridized carbons (Fsp3) is 0.0588. The number of phenols is 2. The van der Waals surface area contributed by atoms with Crippen LogP contribution in [0.15, 0.2) is 48.2 Å². The summed E-state index contributed by atoms with van der Waals surface area (Å²) in [5.74, 6) is -0.776. The molecule has 1 amide bonds. The fourth-order valence-corrected chi connectivity index (χ4v) is 3.20. The van der Waals surface area contributed by atoms with Gasteiger partial charge in [0.25, 0.3) is 0 Å². The Kier molecular flexibility index (Phi) is 4.37. The number of likely N-dealkylation sites (N-methyl/N-ethyl adjacent to an activating group) is 1. The van der Waals surface area contributed by atoms with E-state index in [1.807, 2.05) is 0 Å². The molecule has 2 aromatic carbocycles. The second-order valence-corrected chi connectivity index (χ2v) is 6.41. The van der Waals surface area contributed by atoms with Crippen LogP contribution in [-0.4, -0.2) is 48.3 Å². The van der Waals surface area contributed by atoms with E-state index in [-0.39, 0.29) is 17.4 Å². The van der Waals surface area contributed by atoms with Gasteiger partial charge in [-0.15, -0.1) is 0 Å². The van der Waals surface area contributed by atoms with Gasteiger partial charge in [0.1, 0.15) is 0 Å². The first-order valence-electron chi connectivity index (χ1n) is 7.00. The third-order valence-electron chi connectivity index (χ3n) is 3.67. The number of halogens is 1. The molecular formula is C17H13ClN2O3Se. The zero-order valence-corrected chi connectivity index (χ0v) is 15.1. The molecule has 1 heterocycles. The molecule has 1 saturated heterocycles. The number of carbonyl (C=O) groups is 1. The molecule has 122 valence electrons. The van der Waals surface area contributed by atoms with Gasteiger partial charge in [0.15, 0.2) is 0 Å². The zero-order chi connectivity index (χ0) is 17.4. The Balaban J connectivity index is 2.05. The maximum absolute atomic E-state index is 12.8. The van der Waals surface area contributed by atoms with Gasteiger partial charge in [0.05, 0.1) is 0 Å². The molecular weight excluding hydrogens is 395 g/mol. The van der Waals surface area contributed by atoms with Crippen LogP contribution in [0.5, 0.6) is 11.5 Å². The molecule has 1 aliphatic heterocycles. The monoisotopic (exact) mass is 408 g/mol. The molecule has 2 aromatic rings. The van der Waals surface area contributed by atoms with Gasteiger partial charge < -0.3 is 0 Å². The Hall–Kier alpha value is -2.27. The Labute approximate surface area is 151 Å². The number of para-hydroxylation sites is 1. The number of phenolic OH excluding ortho intramolecular Hbond substituents is 2. The van der Waals surface area contributed by atoms with Gasteiger partial charge >= 0.3 is 152 Å². The number of amides is 1. The van der Waals surface area contributed by atoms with Crippen molar-refractivity contribution in [1.29, 1.82) is 0 Å². The maximum atomic E-state index is 12.8. The Bertz CT molecular complexity index is 882. The first kappa shape index (κ1) is 16.6. The van der Waals surface area contributed by atoms with Crippen LogP contribution in [0, 0.1) is 0 Å². The van der Waals surface area contributed by atoms with Crippen LogP contribution >= 0.6 is 11.6 Å². The van der Waals surface area contributed by atoms with Crippen molar-refractivity contribution < 1.29 is 15.0 Å². The van der Waals surface area contributed by atoms with Gasteiger partial charge in [0.2, 0.25) is 0 Å².